The van der Waals surface area contributed by atoms with Crippen molar-refractivity contribution in [3.05, 3.63) is 45.9 Å². The molecule has 0 unspecified atom stereocenters. The van der Waals surface area contributed by atoms with Gasteiger partial charge in [0.1, 0.15) is 0 Å². The minimum atomic E-state index is -3.41. The van der Waals surface area contributed by atoms with Crippen LogP contribution in [-0.4, -0.2) is 19.9 Å². The quantitative estimate of drug-likeness (QED) is 0.921. The Hall–Kier alpha value is -1.24. The van der Waals surface area contributed by atoms with E-state index in [1.54, 1.807) is 41.8 Å². The molecule has 0 aliphatic rings. The molecule has 0 fully saturated rings. The first-order chi connectivity index (χ1) is 8.97. The zero-order valence-electron chi connectivity index (χ0n) is 10.9. The van der Waals surface area contributed by atoms with Gasteiger partial charge in [0.05, 0.1) is 9.90 Å². The molecule has 1 heterocycles. The highest BCUT2D eigenvalue weighted by Crippen LogP contribution is 2.12. The molecule has 2 aromatic rings. The van der Waals surface area contributed by atoms with Gasteiger partial charge in [0, 0.05) is 24.0 Å². The molecule has 0 aliphatic heterocycles. The SMILES string of the molecule is Cc1ccc(S(=O)(=O)NCCc2ncc(C)s2)cc1. The van der Waals surface area contributed by atoms with E-state index in [0.717, 1.165) is 15.4 Å². The van der Waals surface area contributed by atoms with Crippen LogP contribution in [0.3, 0.4) is 0 Å². The first kappa shape index (κ1) is 14.2. The van der Waals surface area contributed by atoms with Crippen molar-refractivity contribution < 1.29 is 8.42 Å². The van der Waals surface area contributed by atoms with Gasteiger partial charge in [-0.3, -0.25) is 0 Å². The van der Waals surface area contributed by atoms with Crippen LogP contribution in [0.15, 0.2) is 35.4 Å². The minimum absolute atomic E-state index is 0.299. The summed E-state index contributed by atoms with van der Waals surface area (Å²) in [5.41, 5.74) is 1.04. The van der Waals surface area contributed by atoms with Crippen LogP contribution in [0.1, 0.15) is 15.4 Å². The third-order valence-electron chi connectivity index (χ3n) is 2.63. The molecular formula is C13H16N2O2S2. The summed E-state index contributed by atoms with van der Waals surface area (Å²) in [5, 5.41) is 0.948. The molecule has 4 nitrogen and oxygen atoms in total. The summed E-state index contributed by atoms with van der Waals surface area (Å²) in [6.07, 6.45) is 2.41. The number of nitrogens with zero attached hydrogens (tertiary/aromatic N) is 1. The van der Waals surface area contributed by atoms with Crippen LogP contribution in [0.4, 0.5) is 0 Å². The second-order valence-corrected chi connectivity index (χ2v) is 7.41. The topological polar surface area (TPSA) is 59.1 Å². The summed E-state index contributed by atoms with van der Waals surface area (Å²) in [6.45, 7) is 4.27. The standard InChI is InChI=1S/C13H16N2O2S2/c1-10-3-5-12(6-4-10)19(16,17)15-8-7-13-14-9-11(2)18-13/h3-6,9,15H,7-8H2,1-2H3. The average molecular weight is 296 g/mol. The lowest BCUT2D eigenvalue weighted by Crippen LogP contribution is -2.25. The highest BCUT2D eigenvalue weighted by atomic mass is 32.2. The lowest BCUT2D eigenvalue weighted by Gasteiger charge is -2.06. The molecule has 1 aromatic carbocycles. The van der Waals surface area contributed by atoms with Crippen molar-refractivity contribution in [1.82, 2.24) is 9.71 Å². The van der Waals surface area contributed by atoms with Gasteiger partial charge in [0.15, 0.2) is 0 Å². The molecule has 19 heavy (non-hydrogen) atoms. The summed E-state index contributed by atoms with van der Waals surface area (Å²) in [6, 6.07) is 6.81. The Bertz CT molecular complexity index is 646. The highest BCUT2D eigenvalue weighted by Gasteiger charge is 2.13. The first-order valence-corrected chi connectivity index (χ1v) is 8.25. The van der Waals surface area contributed by atoms with Crippen LogP contribution in [-0.2, 0) is 16.4 Å². The van der Waals surface area contributed by atoms with Gasteiger partial charge in [0.25, 0.3) is 0 Å². The van der Waals surface area contributed by atoms with Crippen LogP contribution in [0, 0.1) is 13.8 Å². The summed E-state index contributed by atoms with van der Waals surface area (Å²) in [4.78, 5) is 5.64. The molecule has 0 amide bonds. The molecule has 0 aliphatic carbocycles. The van der Waals surface area contributed by atoms with Gasteiger partial charge in [-0.25, -0.2) is 18.1 Å². The highest BCUT2D eigenvalue weighted by molar-refractivity contribution is 7.89. The number of sulfonamides is 1. The smallest absolute Gasteiger partial charge is 0.240 e. The Morgan fingerprint density at radius 2 is 1.89 bits per heavy atom. The minimum Gasteiger partial charge on any atom is -0.249 e. The molecule has 1 aromatic heterocycles. The molecule has 0 saturated carbocycles. The lowest BCUT2D eigenvalue weighted by atomic mass is 10.2. The van der Waals surface area contributed by atoms with Crippen molar-refractivity contribution in [2.75, 3.05) is 6.54 Å². The van der Waals surface area contributed by atoms with Gasteiger partial charge in [-0.15, -0.1) is 11.3 Å². The van der Waals surface area contributed by atoms with E-state index in [1.807, 2.05) is 13.8 Å². The Morgan fingerprint density at radius 1 is 1.21 bits per heavy atom. The molecule has 6 heteroatoms. The van der Waals surface area contributed by atoms with E-state index in [-0.39, 0.29) is 0 Å². The van der Waals surface area contributed by atoms with Crippen molar-refractivity contribution in [2.24, 2.45) is 0 Å². The first-order valence-electron chi connectivity index (χ1n) is 5.95. The summed E-state index contributed by atoms with van der Waals surface area (Å²) < 4.78 is 26.6. The number of hydrogen-bond donors (Lipinski definition) is 1. The van der Waals surface area contributed by atoms with Crippen molar-refractivity contribution in [1.29, 1.82) is 0 Å². The molecule has 0 atom stereocenters. The number of nitrogens with one attached hydrogen (secondary N) is 1. The maximum Gasteiger partial charge on any atom is 0.240 e. The molecule has 2 rings (SSSR count). The lowest BCUT2D eigenvalue weighted by molar-refractivity contribution is 0.581. The van der Waals surface area contributed by atoms with E-state index in [1.165, 1.54) is 0 Å². The Kier molecular flexibility index (Phi) is 4.34. The third-order valence-corrected chi connectivity index (χ3v) is 5.08. The number of aryl methyl sites for hydroxylation is 2. The fourth-order valence-electron chi connectivity index (χ4n) is 1.61. The number of benzene rings is 1. The number of hydrogen-bond acceptors (Lipinski definition) is 4. The summed E-state index contributed by atoms with van der Waals surface area (Å²) in [5.74, 6) is 0. The predicted octanol–water partition coefficient (Wildman–Crippen LogP) is 2.28. The van der Waals surface area contributed by atoms with Crippen LogP contribution >= 0.6 is 11.3 Å². The Balaban J connectivity index is 1.96. The second kappa shape index (κ2) is 5.81. The predicted molar refractivity (Wildman–Crippen MR) is 76.9 cm³/mol. The van der Waals surface area contributed by atoms with E-state index in [0.29, 0.717) is 17.9 Å². The van der Waals surface area contributed by atoms with Gasteiger partial charge in [0.2, 0.25) is 10.0 Å². The Morgan fingerprint density at radius 3 is 2.47 bits per heavy atom. The monoisotopic (exact) mass is 296 g/mol. The van der Waals surface area contributed by atoms with E-state index < -0.39 is 10.0 Å². The molecule has 0 bridgehead atoms. The van der Waals surface area contributed by atoms with E-state index >= 15 is 0 Å². The maximum atomic E-state index is 12.0. The number of aromatic nitrogens is 1. The van der Waals surface area contributed by atoms with Crippen molar-refractivity contribution in [3.8, 4) is 0 Å². The molecule has 0 saturated heterocycles. The largest absolute Gasteiger partial charge is 0.249 e. The van der Waals surface area contributed by atoms with Gasteiger partial charge >= 0.3 is 0 Å². The van der Waals surface area contributed by atoms with Gasteiger partial charge < -0.3 is 0 Å². The van der Waals surface area contributed by atoms with Crippen molar-refractivity contribution in [3.63, 3.8) is 0 Å². The number of thiazole rings is 1. The van der Waals surface area contributed by atoms with E-state index in [2.05, 4.69) is 9.71 Å². The van der Waals surface area contributed by atoms with Crippen molar-refractivity contribution in [2.45, 2.75) is 25.2 Å². The Labute approximate surface area is 117 Å². The molecule has 102 valence electrons. The molecular weight excluding hydrogens is 280 g/mol. The third kappa shape index (κ3) is 3.86. The van der Waals surface area contributed by atoms with E-state index in [4.69, 9.17) is 0 Å². The van der Waals surface area contributed by atoms with Gasteiger partial charge in [-0.2, -0.15) is 0 Å². The van der Waals surface area contributed by atoms with Crippen LogP contribution in [0.5, 0.6) is 0 Å². The van der Waals surface area contributed by atoms with Crippen molar-refractivity contribution >= 4 is 21.4 Å². The van der Waals surface area contributed by atoms with Gasteiger partial charge in [-0.1, -0.05) is 17.7 Å². The fourth-order valence-corrected chi connectivity index (χ4v) is 3.43. The normalized spacial score (nSPS) is 11.7. The second-order valence-electron chi connectivity index (χ2n) is 4.33. The van der Waals surface area contributed by atoms with E-state index in [9.17, 15) is 8.42 Å². The molecule has 0 spiro atoms. The number of rotatable bonds is 5. The van der Waals surface area contributed by atoms with Crippen LogP contribution in [0.2, 0.25) is 0 Å². The zero-order chi connectivity index (χ0) is 13.9. The fraction of sp³-hybridized carbons (Fsp3) is 0.308. The summed E-state index contributed by atoms with van der Waals surface area (Å²) >= 11 is 1.59. The zero-order valence-corrected chi connectivity index (χ0v) is 12.5. The van der Waals surface area contributed by atoms with Gasteiger partial charge in [-0.05, 0) is 26.0 Å². The maximum absolute atomic E-state index is 12.0. The summed E-state index contributed by atoms with van der Waals surface area (Å²) in [7, 11) is -3.41. The molecule has 1 N–H and O–H groups in total. The van der Waals surface area contributed by atoms with Crippen LogP contribution in [0.25, 0.3) is 0 Å². The van der Waals surface area contributed by atoms with Crippen LogP contribution < -0.4 is 4.72 Å². The average Bonchev–Trinajstić information content (AvgIpc) is 2.75. The molecule has 0 radical (unpaired) electrons.